The Bertz CT molecular complexity index is 1480. The summed E-state index contributed by atoms with van der Waals surface area (Å²) in [5.41, 5.74) is 6.23. The van der Waals surface area contributed by atoms with Crippen molar-refractivity contribution < 1.29 is 0 Å². The molecule has 2 aliphatic carbocycles. The van der Waals surface area contributed by atoms with Gasteiger partial charge in [0.25, 0.3) is 5.78 Å². The highest BCUT2D eigenvalue weighted by Crippen LogP contribution is 2.41. The SMILES string of the molecule is c1ccc(-c2c(-c3ccc([C]4CCC4)cc3)nc3nc(-c4ccccn4)nn3c2NC2CC2)cc1. The summed E-state index contributed by atoms with van der Waals surface area (Å²) in [6.07, 6.45) is 7.80. The molecule has 5 aromatic rings. The van der Waals surface area contributed by atoms with Crippen molar-refractivity contribution in [3.05, 3.63) is 90.5 Å². The molecule has 0 unspecified atom stereocenters. The number of hydrogen-bond acceptors (Lipinski definition) is 5. The molecule has 35 heavy (non-hydrogen) atoms. The number of aromatic nitrogens is 5. The van der Waals surface area contributed by atoms with Crippen LogP contribution in [0.1, 0.15) is 37.7 Å². The minimum absolute atomic E-state index is 0.441. The number of pyridine rings is 1. The first kappa shape index (κ1) is 20.3. The van der Waals surface area contributed by atoms with Crippen molar-refractivity contribution in [2.75, 3.05) is 5.32 Å². The molecule has 2 fully saturated rings. The van der Waals surface area contributed by atoms with Gasteiger partial charge in [-0.3, -0.25) is 4.98 Å². The van der Waals surface area contributed by atoms with Gasteiger partial charge in [0.2, 0.25) is 5.82 Å². The fraction of sp³-hybridized carbons (Fsp3) is 0.207. The quantitative estimate of drug-likeness (QED) is 0.329. The molecule has 0 aliphatic heterocycles. The third kappa shape index (κ3) is 3.75. The van der Waals surface area contributed by atoms with Crippen molar-refractivity contribution in [3.63, 3.8) is 0 Å². The Kier molecular flexibility index (Phi) is 4.82. The standard InChI is InChI=1S/C29H25N6/c1-2-7-21(8-3-1)25-26(22-14-12-20(13-15-22)19-9-6-10-19)32-29-33-27(24-11-4-5-18-30-24)34-35(29)28(25)31-23-16-17-23/h1-5,7-8,11-15,18,23,31H,6,9-10,16-17H2. The van der Waals surface area contributed by atoms with Gasteiger partial charge in [-0.05, 0) is 48.9 Å². The van der Waals surface area contributed by atoms with Gasteiger partial charge in [0.15, 0.2) is 0 Å². The molecular formula is C29H25N6. The second-order valence-corrected chi connectivity index (χ2v) is 9.37. The summed E-state index contributed by atoms with van der Waals surface area (Å²) in [6.45, 7) is 0. The van der Waals surface area contributed by atoms with E-state index in [0.717, 1.165) is 46.7 Å². The van der Waals surface area contributed by atoms with Gasteiger partial charge in [-0.25, -0.2) is 4.98 Å². The first-order valence-electron chi connectivity index (χ1n) is 12.3. The zero-order valence-electron chi connectivity index (χ0n) is 19.4. The second kappa shape index (κ2) is 8.31. The molecule has 0 amide bonds. The topological polar surface area (TPSA) is 68.0 Å². The van der Waals surface area contributed by atoms with E-state index in [-0.39, 0.29) is 0 Å². The van der Waals surface area contributed by atoms with Gasteiger partial charge in [0, 0.05) is 23.7 Å². The average molecular weight is 458 g/mol. The van der Waals surface area contributed by atoms with Crippen LogP contribution >= 0.6 is 0 Å². The number of hydrogen-bond donors (Lipinski definition) is 1. The molecule has 6 heteroatoms. The maximum absolute atomic E-state index is 5.08. The lowest BCUT2D eigenvalue weighted by Gasteiger charge is -2.25. The maximum Gasteiger partial charge on any atom is 0.255 e. The third-order valence-electron chi connectivity index (χ3n) is 6.89. The van der Waals surface area contributed by atoms with Crippen molar-refractivity contribution in [1.29, 1.82) is 0 Å². The zero-order valence-corrected chi connectivity index (χ0v) is 19.4. The predicted octanol–water partition coefficient (Wildman–Crippen LogP) is 6.20. The van der Waals surface area contributed by atoms with Crippen LogP contribution in [0.4, 0.5) is 5.82 Å². The van der Waals surface area contributed by atoms with Crippen LogP contribution in [-0.4, -0.2) is 30.6 Å². The fourth-order valence-corrected chi connectivity index (χ4v) is 4.65. The molecule has 2 saturated carbocycles. The van der Waals surface area contributed by atoms with Crippen molar-refractivity contribution in [1.82, 2.24) is 24.6 Å². The number of rotatable bonds is 6. The summed E-state index contributed by atoms with van der Waals surface area (Å²) < 4.78 is 1.85. The Balaban J connectivity index is 1.46. The fourth-order valence-electron chi connectivity index (χ4n) is 4.65. The van der Waals surface area contributed by atoms with E-state index in [9.17, 15) is 0 Å². The Labute approximate surface area is 204 Å². The highest BCUT2D eigenvalue weighted by molar-refractivity contribution is 5.90. The van der Waals surface area contributed by atoms with E-state index < -0.39 is 0 Å². The number of fused-ring (bicyclic) bond motifs is 1. The van der Waals surface area contributed by atoms with Crippen LogP contribution in [0.25, 0.3) is 39.7 Å². The van der Waals surface area contributed by atoms with Gasteiger partial charge in [-0.2, -0.15) is 9.50 Å². The zero-order chi connectivity index (χ0) is 23.2. The van der Waals surface area contributed by atoms with Crippen LogP contribution in [0, 0.1) is 5.92 Å². The van der Waals surface area contributed by atoms with E-state index in [0.29, 0.717) is 17.6 Å². The summed E-state index contributed by atoms with van der Waals surface area (Å²) in [5, 5.41) is 8.60. The largest absolute Gasteiger partial charge is 0.367 e. The molecule has 1 radical (unpaired) electrons. The van der Waals surface area contributed by atoms with Crippen LogP contribution in [-0.2, 0) is 0 Å². The number of nitrogens with one attached hydrogen (secondary N) is 1. The number of anilines is 1. The van der Waals surface area contributed by atoms with E-state index in [2.05, 4.69) is 58.8 Å². The van der Waals surface area contributed by atoms with Gasteiger partial charge >= 0.3 is 0 Å². The molecule has 2 aliphatic rings. The Morgan fingerprint density at radius 1 is 0.771 bits per heavy atom. The molecule has 0 bridgehead atoms. The number of benzene rings is 2. The van der Waals surface area contributed by atoms with Gasteiger partial charge in [0.1, 0.15) is 11.5 Å². The van der Waals surface area contributed by atoms with Crippen molar-refractivity contribution in [3.8, 4) is 33.9 Å². The van der Waals surface area contributed by atoms with Crippen molar-refractivity contribution in [2.45, 2.75) is 38.1 Å². The minimum Gasteiger partial charge on any atom is -0.367 e. The number of nitrogens with zero attached hydrogens (tertiary/aromatic N) is 5. The summed E-state index contributed by atoms with van der Waals surface area (Å²) in [6, 6.07) is 25.6. The lowest BCUT2D eigenvalue weighted by Crippen LogP contribution is -2.11. The van der Waals surface area contributed by atoms with Gasteiger partial charge in [-0.1, -0.05) is 67.1 Å². The Hall–Kier alpha value is -4.06. The van der Waals surface area contributed by atoms with Crippen molar-refractivity contribution >= 4 is 11.6 Å². The highest BCUT2D eigenvalue weighted by Gasteiger charge is 2.28. The van der Waals surface area contributed by atoms with Crippen molar-refractivity contribution in [2.24, 2.45) is 0 Å². The molecule has 0 spiro atoms. The maximum atomic E-state index is 5.08. The molecule has 0 atom stereocenters. The van der Waals surface area contributed by atoms with E-state index in [1.54, 1.807) is 12.1 Å². The molecule has 0 saturated heterocycles. The Morgan fingerprint density at radius 2 is 1.54 bits per heavy atom. The van der Waals surface area contributed by atoms with E-state index in [1.807, 2.05) is 28.8 Å². The summed E-state index contributed by atoms with van der Waals surface area (Å²) >= 11 is 0. The predicted molar refractivity (Wildman–Crippen MR) is 138 cm³/mol. The van der Waals surface area contributed by atoms with E-state index >= 15 is 0 Å². The second-order valence-electron chi connectivity index (χ2n) is 9.37. The molecular weight excluding hydrogens is 432 g/mol. The van der Waals surface area contributed by atoms with Crippen LogP contribution in [0.5, 0.6) is 0 Å². The van der Waals surface area contributed by atoms with E-state index in [4.69, 9.17) is 15.1 Å². The first-order valence-corrected chi connectivity index (χ1v) is 12.3. The smallest absolute Gasteiger partial charge is 0.255 e. The van der Waals surface area contributed by atoms with Gasteiger partial charge in [-0.15, -0.1) is 5.10 Å². The average Bonchev–Trinajstić information content (AvgIpc) is 3.59. The third-order valence-corrected chi connectivity index (χ3v) is 6.89. The normalized spacial score (nSPS) is 15.8. The van der Waals surface area contributed by atoms with E-state index in [1.165, 1.54) is 24.8 Å². The van der Waals surface area contributed by atoms with Crippen LogP contribution in [0.2, 0.25) is 0 Å². The molecule has 1 N–H and O–H groups in total. The first-order chi connectivity index (χ1) is 17.3. The van der Waals surface area contributed by atoms with Crippen LogP contribution < -0.4 is 5.32 Å². The Morgan fingerprint density at radius 3 is 2.23 bits per heavy atom. The molecule has 3 aromatic heterocycles. The lowest BCUT2D eigenvalue weighted by molar-refractivity contribution is 0.577. The summed E-state index contributed by atoms with van der Waals surface area (Å²) in [5.74, 6) is 3.63. The lowest BCUT2D eigenvalue weighted by atomic mass is 9.80. The van der Waals surface area contributed by atoms with Gasteiger partial charge < -0.3 is 5.32 Å². The highest BCUT2D eigenvalue weighted by atomic mass is 15.4. The molecule has 171 valence electrons. The van der Waals surface area contributed by atoms with Crippen LogP contribution in [0.15, 0.2) is 79.0 Å². The minimum atomic E-state index is 0.441. The monoisotopic (exact) mass is 457 g/mol. The summed E-state index contributed by atoms with van der Waals surface area (Å²) in [4.78, 5) is 14.3. The molecule has 2 aromatic carbocycles. The summed E-state index contributed by atoms with van der Waals surface area (Å²) in [7, 11) is 0. The van der Waals surface area contributed by atoms with Crippen LogP contribution in [0.3, 0.4) is 0 Å². The molecule has 3 heterocycles. The molecule has 7 rings (SSSR count). The molecule has 6 nitrogen and oxygen atoms in total. The van der Waals surface area contributed by atoms with Gasteiger partial charge in [0.05, 0.1) is 11.3 Å².